The molecule has 2 heterocycles. The third kappa shape index (κ3) is 4.37. The van der Waals surface area contributed by atoms with E-state index in [2.05, 4.69) is 76.3 Å². The van der Waals surface area contributed by atoms with Crippen molar-refractivity contribution in [3.8, 4) is 0 Å². The van der Waals surface area contributed by atoms with Crippen LogP contribution < -0.4 is 5.30 Å². The molecule has 5 rings (SSSR count). The van der Waals surface area contributed by atoms with Gasteiger partial charge in [0.15, 0.2) is 0 Å². The molecule has 2 aromatic rings. The summed E-state index contributed by atoms with van der Waals surface area (Å²) in [5, 5.41) is 2.78. The maximum absolute atomic E-state index is 6.75. The molecule has 32 heavy (non-hydrogen) atoms. The van der Waals surface area contributed by atoms with Gasteiger partial charge in [0.25, 0.3) is 0 Å². The van der Waals surface area contributed by atoms with Gasteiger partial charge in [-0.25, -0.2) is 0 Å². The molecule has 2 fully saturated rings. The van der Waals surface area contributed by atoms with Crippen molar-refractivity contribution in [2.45, 2.75) is 12.8 Å². The Morgan fingerprint density at radius 3 is 2.00 bits per heavy atom. The molecule has 0 aromatic heterocycles. The first kappa shape index (κ1) is 22.1. The number of morpholine rings is 2. The Balaban J connectivity index is 1.67. The zero-order chi connectivity index (χ0) is 21.8. The molecule has 0 spiro atoms. The van der Waals surface area contributed by atoms with E-state index in [-0.39, 0.29) is 0 Å². The first-order chi connectivity index (χ1) is 15.8. The van der Waals surface area contributed by atoms with Crippen molar-refractivity contribution in [1.29, 1.82) is 0 Å². The van der Waals surface area contributed by atoms with E-state index in [0.717, 1.165) is 65.4 Å². The van der Waals surface area contributed by atoms with E-state index >= 15 is 0 Å². The van der Waals surface area contributed by atoms with Gasteiger partial charge in [-0.05, 0) is 30.1 Å². The van der Waals surface area contributed by atoms with Gasteiger partial charge in [0.1, 0.15) is 0 Å². The van der Waals surface area contributed by atoms with Crippen LogP contribution in [0.1, 0.15) is 18.4 Å². The van der Waals surface area contributed by atoms with Crippen molar-refractivity contribution in [2.24, 2.45) is 0 Å². The lowest BCUT2D eigenvalue weighted by atomic mass is 10.1. The second-order valence-corrected chi connectivity index (χ2v) is 12.8. The van der Waals surface area contributed by atoms with Crippen LogP contribution in [0.25, 0.3) is 6.08 Å². The van der Waals surface area contributed by atoms with Crippen molar-refractivity contribution < 1.29 is 9.47 Å². The molecule has 1 aliphatic carbocycles. The third-order valence-electron chi connectivity index (χ3n) is 6.53. The Kier molecular flexibility index (Phi) is 6.91. The Bertz CT molecular complexity index is 1030. The summed E-state index contributed by atoms with van der Waals surface area (Å²) >= 11 is 6.75. The first-order valence-corrected chi connectivity index (χ1v) is 14.3. The van der Waals surface area contributed by atoms with E-state index in [0.29, 0.717) is 0 Å². The molecule has 2 saturated heterocycles. The minimum atomic E-state index is -2.12. The lowest BCUT2D eigenvalue weighted by Gasteiger charge is -2.41. The lowest BCUT2D eigenvalue weighted by Crippen LogP contribution is -2.39. The van der Waals surface area contributed by atoms with E-state index in [9.17, 15) is 0 Å². The average Bonchev–Trinajstić information content (AvgIpc) is 3.29. The number of ether oxygens (including phenoxy) is 2. The van der Waals surface area contributed by atoms with Crippen LogP contribution in [0.3, 0.4) is 0 Å². The molecule has 2 aromatic carbocycles. The molecule has 0 amide bonds. The van der Waals surface area contributed by atoms with E-state index in [1.54, 1.807) is 0 Å². The van der Waals surface area contributed by atoms with E-state index in [1.807, 2.05) is 0 Å². The zero-order valence-electron chi connectivity index (χ0n) is 18.5. The normalized spacial score (nSPS) is 23.5. The predicted molar refractivity (Wildman–Crippen MR) is 136 cm³/mol. The Morgan fingerprint density at radius 1 is 0.750 bits per heavy atom. The van der Waals surface area contributed by atoms with E-state index in [4.69, 9.17) is 21.3 Å². The van der Waals surface area contributed by atoms with E-state index < -0.39 is 6.19 Å². The first-order valence-electron chi connectivity index (χ1n) is 11.6. The molecule has 4 nitrogen and oxygen atoms in total. The largest absolute Gasteiger partial charge is 0.379 e. The molecule has 168 valence electrons. The van der Waals surface area contributed by atoms with Gasteiger partial charge in [0, 0.05) is 42.5 Å². The van der Waals surface area contributed by atoms with Crippen molar-refractivity contribution in [3.63, 3.8) is 0 Å². The van der Waals surface area contributed by atoms with Gasteiger partial charge in [-0.2, -0.15) is 0 Å². The average molecular weight is 467 g/mol. The highest BCUT2D eigenvalue weighted by Crippen LogP contribution is 2.62. The fraction of sp³-hybridized carbons (Fsp3) is 0.385. The van der Waals surface area contributed by atoms with Crippen molar-refractivity contribution in [1.82, 2.24) is 9.57 Å². The highest BCUT2D eigenvalue weighted by atomic mass is 32.4. The highest BCUT2D eigenvalue weighted by Gasteiger charge is 2.39. The number of rotatable bonds is 5. The van der Waals surface area contributed by atoms with Gasteiger partial charge in [0.05, 0.1) is 32.6 Å². The van der Waals surface area contributed by atoms with Crippen LogP contribution in [-0.4, -0.2) is 62.2 Å². The van der Waals surface area contributed by atoms with Crippen molar-refractivity contribution in [2.75, 3.05) is 52.6 Å². The molecular weight excluding hydrogens is 435 g/mol. The Hall–Kier alpha value is -1.75. The summed E-state index contributed by atoms with van der Waals surface area (Å²) in [5.74, 6) is 0. The summed E-state index contributed by atoms with van der Waals surface area (Å²) in [6.07, 6.45) is 2.34. The van der Waals surface area contributed by atoms with Gasteiger partial charge in [-0.15, -0.1) is 0 Å². The van der Waals surface area contributed by atoms with Crippen molar-refractivity contribution in [3.05, 3.63) is 82.8 Å². The molecule has 1 atom stereocenters. The van der Waals surface area contributed by atoms with Crippen molar-refractivity contribution >= 4 is 29.4 Å². The molecule has 2 aliphatic heterocycles. The minimum absolute atomic E-state index is 0.762. The van der Waals surface area contributed by atoms with Crippen LogP contribution in [0.5, 0.6) is 0 Å². The molecular formula is C26H31N2O2PS. The number of nitrogens with zero attached hydrogens (tertiary/aromatic N) is 2. The molecule has 3 aliphatic rings. The predicted octanol–water partition coefficient (Wildman–Crippen LogP) is 4.46. The van der Waals surface area contributed by atoms with Gasteiger partial charge < -0.3 is 14.4 Å². The zero-order valence-corrected chi connectivity index (χ0v) is 20.2. The van der Waals surface area contributed by atoms with Gasteiger partial charge in [-0.1, -0.05) is 72.5 Å². The molecule has 0 N–H and O–H groups in total. The Morgan fingerprint density at radius 2 is 1.34 bits per heavy atom. The third-order valence-corrected chi connectivity index (χ3v) is 11.9. The minimum Gasteiger partial charge on any atom is -0.379 e. The van der Waals surface area contributed by atoms with Crippen LogP contribution in [-0.2, 0) is 21.3 Å². The van der Waals surface area contributed by atoms with Crippen LogP contribution in [0.15, 0.2) is 77.2 Å². The maximum Gasteiger partial charge on any atom is 0.0693 e. The lowest BCUT2D eigenvalue weighted by molar-refractivity contribution is 0.0548. The SMILES string of the molecule is S=P(C1=C(N2CCOCC2)/C(=C/c2ccccc2)CC1)(c1ccccc1)N1CCOCC1. The van der Waals surface area contributed by atoms with Gasteiger partial charge in [-0.3, -0.25) is 4.67 Å². The fourth-order valence-electron chi connectivity index (χ4n) is 4.99. The maximum atomic E-state index is 6.75. The van der Waals surface area contributed by atoms with Crippen LogP contribution >= 0.6 is 6.19 Å². The van der Waals surface area contributed by atoms with Crippen LogP contribution in [0.4, 0.5) is 0 Å². The van der Waals surface area contributed by atoms with E-state index in [1.165, 1.54) is 27.5 Å². The topological polar surface area (TPSA) is 24.9 Å². The summed E-state index contributed by atoms with van der Waals surface area (Å²) in [4.78, 5) is 2.55. The van der Waals surface area contributed by atoms with Gasteiger partial charge in [0.2, 0.25) is 0 Å². The van der Waals surface area contributed by atoms with Crippen LogP contribution in [0, 0.1) is 0 Å². The van der Waals surface area contributed by atoms with Gasteiger partial charge >= 0.3 is 0 Å². The summed E-state index contributed by atoms with van der Waals surface area (Å²) in [7, 11) is 0. The number of allylic oxidation sites excluding steroid dienone is 2. The second kappa shape index (κ2) is 10.0. The number of hydrogen-bond acceptors (Lipinski definition) is 4. The highest BCUT2D eigenvalue weighted by molar-refractivity contribution is 8.19. The smallest absolute Gasteiger partial charge is 0.0693 e. The fourth-order valence-corrected chi connectivity index (χ4v) is 9.65. The summed E-state index contributed by atoms with van der Waals surface area (Å²) in [5.41, 5.74) is 4.08. The molecule has 6 heteroatoms. The van der Waals surface area contributed by atoms with Crippen LogP contribution in [0.2, 0.25) is 0 Å². The standard InChI is InChI=1S/C26H31N2O2PS/c32-31(24-9-5-2-6-10-24,28-15-19-30-20-16-28)25-12-11-23(21-22-7-3-1-4-8-22)26(25)27-13-17-29-18-14-27/h1-10,21H,11-20H2/b23-21+. The number of benzene rings is 2. The number of hydrogen-bond donors (Lipinski definition) is 0. The summed E-state index contributed by atoms with van der Waals surface area (Å²) < 4.78 is 14.0. The monoisotopic (exact) mass is 466 g/mol. The quantitative estimate of drug-likeness (QED) is 0.606. The Labute approximate surface area is 196 Å². The molecule has 0 bridgehead atoms. The molecule has 0 radical (unpaired) electrons. The summed E-state index contributed by atoms with van der Waals surface area (Å²) in [6, 6.07) is 21.6. The summed E-state index contributed by atoms with van der Waals surface area (Å²) in [6.45, 7) is 6.75. The molecule has 0 saturated carbocycles. The second-order valence-electron chi connectivity index (χ2n) is 8.45. The molecule has 1 unspecified atom stereocenters.